The third-order valence-electron chi connectivity index (χ3n) is 2.06. The van der Waals surface area contributed by atoms with Gasteiger partial charge in [0.25, 0.3) is 0 Å². The van der Waals surface area contributed by atoms with Crippen molar-refractivity contribution in [3.63, 3.8) is 0 Å². The molecule has 1 aromatic heterocycles. The van der Waals surface area contributed by atoms with Crippen LogP contribution < -0.4 is 5.32 Å². The van der Waals surface area contributed by atoms with E-state index in [2.05, 4.69) is 52.0 Å². The largest absolute Gasteiger partial charge is 0.369 e. The molecule has 0 saturated heterocycles. The minimum absolute atomic E-state index is 0.0895. The zero-order chi connectivity index (χ0) is 13.1. The second-order valence-corrected chi connectivity index (χ2v) is 7.22. The van der Waals surface area contributed by atoms with E-state index in [-0.39, 0.29) is 5.41 Å². The Balaban J connectivity index is 2.79. The van der Waals surface area contributed by atoms with Gasteiger partial charge in [-0.2, -0.15) is 0 Å². The summed E-state index contributed by atoms with van der Waals surface area (Å²) in [6.45, 7) is 6.86. The SMILES string of the molecule is CS(=O)CCNc1cc(Br)nc(C(C)(C)C)n1. The van der Waals surface area contributed by atoms with Gasteiger partial charge in [0, 0.05) is 40.8 Å². The first-order valence-corrected chi connectivity index (χ1v) is 7.90. The number of hydrogen-bond donors (Lipinski definition) is 1. The van der Waals surface area contributed by atoms with Crippen LogP contribution in [-0.2, 0) is 16.2 Å². The lowest BCUT2D eigenvalue weighted by Crippen LogP contribution is -2.18. The molecule has 1 rings (SSSR count). The molecule has 1 atom stereocenters. The lowest BCUT2D eigenvalue weighted by atomic mass is 9.96. The molecule has 6 heteroatoms. The Morgan fingerprint density at radius 3 is 2.59 bits per heavy atom. The normalized spacial score (nSPS) is 13.5. The van der Waals surface area contributed by atoms with Gasteiger partial charge in [0.1, 0.15) is 16.2 Å². The molecule has 0 aliphatic heterocycles. The summed E-state index contributed by atoms with van der Waals surface area (Å²) < 4.78 is 11.7. The maximum Gasteiger partial charge on any atom is 0.137 e. The average molecular weight is 320 g/mol. The molecule has 0 aliphatic rings. The second kappa shape index (κ2) is 5.91. The zero-order valence-corrected chi connectivity index (χ0v) is 13.0. The highest BCUT2D eigenvalue weighted by Gasteiger charge is 2.18. The van der Waals surface area contributed by atoms with Crippen molar-refractivity contribution >= 4 is 32.5 Å². The van der Waals surface area contributed by atoms with Gasteiger partial charge in [-0.05, 0) is 15.9 Å². The first-order valence-electron chi connectivity index (χ1n) is 5.38. The van der Waals surface area contributed by atoms with Gasteiger partial charge in [0.15, 0.2) is 0 Å². The van der Waals surface area contributed by atoms with Crippen LogP contribution in [0.4, 0.5) is 5.82 Å². The van der Waals surface area contributed by atoms with Crippen LogP contribution in [0.15, 0.2) is 10.7 Å². The number of rotatable bonds is 4. The summed E-state index contributed by atoms with van der Waals surface area (Å²) in [5.41, 5.74) is -0.0895. The first-order chi connectivity index (χ1) is 7.79. The quantitative estimate of drug-likeness (QED) is 0.865. The van der Waals surface area contributed by atoms with Crippen molar-refractivity contribution < 1.29 is 4.21 Å². The average Bonchev–Trinajstić information content (AvgIpc) is 2.14. The molecule has 0 fully saturated rings. The van der Waals surface area contributed by atoms with Gasteiger partial charge < -0.3 is 5.32 Å². The van der Waals surface area contributed by atoms with Crippen LogP contribution in [-0.4, -0.2) is 32.7 Å². The number of aromatic nitrogens is 2. The van der Waals surface area contributed by atoms with Gasteiger partial charge >= 0.3 is 0 Å². The number of anilines is 1. The molecule has 0 aromatic carbocycles. The molecule has 1 aromatic rings. The van der Waals surface area contributed by atoms with E-state index >= 15 is 0 Å². The maximum absolute atomic E-state index is 11.0. The number of halogens is 1. The van der Waals surface area contributed by atoms with E-state index < -0.39 is 10.8 Å². The lowest BCUT2D eigenvalue weighted by Gasteiger charge is -2.17. The second-order valence-electron chi connectivity index (χ2n) is 4.85. The summed E-state index contributed by atoms with van der Waals surface area (Å²) in [6, 6.07) is 1.83. The van der Waals surface area contributed by atoms with Crippen LogP contribution in [0, 0.1) is 0 Å². The topological polar surface area (TPSA) is 54.9 Å². The Hall–Kier alpha value is -0.490. The summed E-state index contributed by atoms with van der Waals surface area (Å²) in [6.07, 6.45) is 1.69. The van der Waals surface area contributed by atoms with Crippen LogP contribution >= 0.6 is 15.9 Å². The van der Waals surface area contributed by atoms with E-state index in [4.69, 9.17) is 0 Å². The molecule has 0 spiro atoms. The zero-order valence-electron chi connectivity index (χ0n) is 10.6. The monoisotopic (exact) mass is 319 g/mol. The lowest BCUT2D eigenvalue weighted by molar-refractivity contribution is 0.544. The molecule has 17 heavy (non-hydrogen) atoms. The molecule has 96 valence electrons. The summed E-state index contributed by atoms with van der Waals surface area (Å²) >= 11 is 3.38. The van der Waals surface area contributed by atoms with Gasteiger partial charge in [-0.1, -0.05) is 20.8 Å². The highest BCUT2D eigenvalue weighted by molar-refractivity contribution is 9.10. The number of nitrogens with zero attached hydrogens (tertiary/aromatic N) is 2. The van der Waals surface area contributed by atoms with Crippen molar-refractivity contribution in [3.05, 3.63) is 16.5 Å². The fourth-order valence-corrected chi connectivity index (χ4v) is 1.94. The van der Waals surface area contributed by atoms with Crippen LogP contribution in [0.2, 0.25) is 0 Å². The smallest absolute Gasteiger partial charge is 0.137 e. The Bertz CT molecular complexity index is 418. The summed E-state index contributed by atoms with van der Waals surface area (Å²) in [5.74, 6) is 2.17. The summed E-state index contributed by atoms with van der Waals surface area (Å²) in [5, 5.41) is 3.16. The molecular weight excluding hydrogens is 302 g/mol. The fraction of sp³-hybridized carbons (Fsp3) is 0.636. The predicted octanol–water partition coefficient (Wildman–Crippen LogP) is 2.33. The Labute approximate surface area is 113 Å². The van der Waals surface area contributed by atoms with E-state index in [0.717, 1.165) is 16.2 Å². The van der Waals surface area contributed by atoms with Crippen molar-refractivity contribution in [2.45, 2.75) is 26.2 Å². The minimum atomic E-state index is -0.785. The molecular formula is C11H18BrN3OS. The van der Waals surface area contributed by atoms with Crippen molar-refractivity contribution in [3.8, 4) is 0 Å². The van der Waals surface area contributed by atoms with Gasteiger partial charge in [0.05, 0.1) is 0 Å². The van der Waals surface area contributed by atoms with Crippen molar-refractivity contribution in [2.75, 3.05) is 23.9 Å². The molecule has 0 aliphatic carbocycles. The van der Waals surface area contributed by atoms with Gasteiger partial charge in [-0.3, -0.25) is 4.21 Å². The van der Waals surface area contributed by atoms with Crippen molar-refractivity contribution in [2.24, 2.45) is 0 Å². The Morgan fingerprint density at radius 2 is 2.06 bits per heavy atom. The van der Waals surface area contributed by atoms with Crippen LogP contribution in [0.25, 0.3) is 0 Å². The van der Waals surface area contributed by atoms with Crippen molar-refractivity contribution in [1.29, 1.82) is 0 Å². The Morgan fingerprint density at radius 1 is 1.41 bits per heavy atom. The Kier molecular flexibility index (Phi) is 5.06. The van der Waals surface area contributed by atoms with Crippen LogP contribution in [0.1, 0.15) is 26.6 Å². The molecule has 0 radical (unpaired) electrons. The van der Waals surface area contributed by atoms with Gasteiger partial charge in [-0.15, -0.1) is 0 Å². The molecule has 0 bridgehead atoms. The minimum Gasteiger partial charge on any atom is -0.369 e. The third-order valence-corrected chi connectivity index (χ3v) is 3.25. The molecule has 4 nitrogen and oxygen atoms in total. The molecule has 1 N–H and O–H groups in total. The number of hydrogen-bond acceptors (Lipinski definition) is 4. The van der Waals surface area contributed by atoms with E-state index in [9.17, 15) is 4.21 Å². The molecule has 0 amide bonds. The first kappa shape index (κ1) is 14.6. The standard InChI is InChI=1S/C11H18BrN3OS/c1-11(2,3)10-14-8(12)7-9(15-10)13-5-6-17(4)16/h7H,5-6H2,1-4H3,(H,13,14,15). The van der Waals surface area contributed by atoms with E-state index in [1.165, 1.54) is 0 Å². The number of nitrogens with one attached hydrogen (secondary N) is 1. The van der Waals surface area contributed by atoms with Crippen LogP contribution in [0.5, 0.6) is 0 Å². The van der Waals surface area contributed by atoms with Gasteiger partial charge in [0.2, 0.25) is 0 Å². The van der Waals surface area contributed by atoms with Crippen LogP contribution in [0.3, 0.4) is 0 Å². The van der Waals surface area contributed by atoms with E-state index in [1.807, 2.05) is 6.07 Å². The highest BCUT2D eigenvalue weighted by atomic mass is 79.9. The summed E-state index contributed by atoms with van der Waals surface area (Å²) in [7, 11) is -0.785. The predicted molar refractivity (Wildman–Crippen MR) is 75.9 cm³/mol. The maximum atomic E-state index is 11.0. The molecule has 0 saturated carbocycles. The van der Waals surface area contributed by atoms with Gasteiger partial charge in [-0.25, -0.2) is 9.97 Å². The molecule has 1 unspecified atom stereocenters. The third kappa shape index (κ3) is 5.12. The fourth-order valence-electron chi connectivity index (χ4n) is 1.17. The van der Waals surface area contributed by atoms with E-state index in [0.29, 0.717) is 12.3 Å². The molecule has 1 heterocycles. The highest BCUT2D eigenvalue weighted by Crippen LogP contribution is 2.22. The van der Waals surface area contributed by atoms with E-state index in [1.54, 1.807) is 6.26 Å². The van der Waals surface area contributed by atoms with Crippen molar-refractivity contribution in [1.82, 2.24) is 9.97 Å². The summed E-state index contributed by atoms with van der Waals surface area (Å²) in [4.78, 5) is 8.80.